The molecule has 1 aromatic heterocycles. The number of benzene rings is 1. The molecule has 4 nitrogen and oxygen atoms in total. The maximum atomic E-state index is 12.9. The molecule has 2 aromatic rings. The van der Waals surface area contributed by atoms with E-state index < -0.39 is 0 Å². The number of carbonyl (C=O) groups excluding carboxylic acids is 1. The zero-order valence-electron chi connectivity index (χ0n) is 16.1. The summed E-state index contributed by atoms with van der Waals surface area (Å²) in [6.45, 7) is 8.53. The Kier molecular flexibility index (Phi) is 5.82. The van der Waals surface area contributed by atoms with Crippen molar-refractivity contribution in [3.05, 3.63) is 58.9 Å². The molecule has 0 radical (unpaired) electrons. The van der Waals surface area contributed by atoms with E-state index in [1.54, 1.807) is 0 Å². The fourth-order valence-corrected chi connectivity index (χ4v) is 4.18. The number of rotatable bonds is 5. The van der Waals surface area contributed by atoms with E-state index in [1.165, 1.54) is 5.56 Å². The zero-order chi connectivity index (χ0) is 18.7. The van der Waals surface area contributed by atoms with Crippen molar-refractivity contribution in [3.8, 4) is 0 Å². The molecule has 1 atom stereocenters. The number of hydrogen-bond donors (Lipinski definition) is 1. The second-order valence-electron chi connectivity index (χ2n) is 7.42. The number of nitrogens with zero attached hydrogens (tertiary/aromatic N) is 2. The standard InChI is InChI=1S/C22H30N2O2/c1-4-24-16(2)14-20(17(24)3)22(26)23-12-10-19(11-13-23)21(25)15-18-8-6-5-7-9-18/h5-9,14,19,21,25H,4,10-13,15H2,1-3H3. The summed E-state index contributed by atoms with van der Waals surface area (Å²) in [4.78, 5) is 14.9. The van der Waals surface area contributed by atoms with E-state index >= 15 is 0 Å². The highest BCUT2D eigenvalue weighted by atomic mass is 16.3. The lowest BCUT2D eigenvalue weighted by atomic mass is 9.87. The first kappa shape index (κ1) is 18.7. The molecule has 0 bridgehead atoms. The lowest BCUT2D eigenvalue weighted by Crippen LogP contribution is -2.41. The predicted octanol–water partition coefficient (Wildman–Crippen LogP) is 3.58. The maximum Gasteiger partial charge on any atom is 0.255 e. The third kappa shape index (κ3) is 3.85. The van der Waals surface area contributed by atoms with Crippen molar-refractivity contribution in [2.45, 2.75) is 52.7 Å². The Hall–Kier alpha value is -2.07. The van der Waals surface area contributed by atoms with Crippen LogP contribution in [0.2, 0.25) is 0 Å². The van der Waals surface area contributed by atoms with Gasteiger partial charge in [-0.15, -0.1) is 0 Å². The molecule has 1 N–H and O–H groups in total. The Morgan fingerprint density at radius 3 is 2.42 bits per heavy atom. The SMILES string of the molecule is CCn1c(C)cc(C(=O)N2CCC(C(O)Cc3ccccc3)CC2)c1C. The number of aliphatic hydroxyl groups is 1. The average molecular weight is 354 g/mol. The second kappa shape index (κ2) is 8.09. The van der Waals surface area contributed by atoms with Crippen LogP contribution in [0.1, 0.15) is 47.1 Å². The summed E-state index contributed by atoms with van der Waals surface area (Å²) in [5.74, 6) is 0.399. The second-order valence-corrected chi connectivity index (χ2v) is 7.42. The van der Waals surface area contributed by atoms with E-state index in [0.717, 1.165) is 49.4 Å². The monoisotopic (exact) mass is 354 g/mol. The van der Waals surface area contributed by atoms with E-state index in [0.29, 0.717) is 6.42 Å². The Bertz CT molecular complexity index is 743. The molecule has 1 aliphatic heterocycles. The van der Waals surface area contributed by atoms with Gasteiger partial charge in [0.15, 0.2) is 0 Å². The van der Waals surface area contributed by atoms with Crippen LogP contribution in [0.5, 0.6) is 0 Å². The number of hydrogen-bond acceptors (Lipinski definition) is 2. The first-order valence-corrected chi connectivity index (χ1v) is 9.69. The molecule has 0 spiro atoms. The minimum atomic E-state index is -0.334. The number of piperidine rings is 1. The molecule has 1 unspecified atom stereocenters. The van der Waals surface area contributed by atoms with Gasteiger partial charge in [-0.2, -0.15) is 0 Å². The quantitative estimate of drug-likeness (QED) is 0.892. The topological polar surface area (TPSA) is 45.5 Å². The van der Waals surface area contributed by atoms with E-state index in [9.17, 15) is 9.90 Å². The molecule has 0 saturated carbocycles. The molecule has 4 heteroatoms. The van der Waals surface area contributed by atoms with Crippen LogP contribution in [0, 0.1) is 19.8 Å². The first-order chi connectivity index (χ1) is 12.5. The van der Waals surface area contributed by atoms with Crippen LogP contribution in [-0.4, -0.2) is 39.7 Å². The summed E-state index contributed by atoms with van der Waals surface area (Å²) in [6, 6.07) is 12.1. The molecule has 3 rings (SSSR count). The summed E-state index contributed by atoms with van der Waals surface area (Å²) < 4.78 is 2.18. The molecule has 1 aliphatic rings. The third-order valence-electron chi connectivity index (χ3n) is 5.78. The van der Waals surface area contributed by atoms with Gasteiger partial charge in [-0.3, -0.25) is 4.79 Å². The van der Waals surface area contributed by atoms with Crippen LogP contribution in [-0.2, 0) is 13.0 Å². The summed E-state index contributed by atoms with van der Waals surface area (Å²) in [5, 5.41) is 10.6. The van der Waals surface area contributed by atoms with E-state index in [4.69, 9.17) is 0 Å². The van der Waals surface area contributed by atoms with Crippen molar-refractivity contribution >= 4 is 5.91 Å². The van der Waals surface area contributed by atoms with Gasteiger partial charge in [0, 0.05) is 31.0 Å². The predicted molar refractivity (Wildman–Crippen MR) is 104 cm³/mol. The summed E-state index contributed by atoms with van der Waals surface area (Å²) in [5.41, 5.74) is 4.20. The smallest absolute Gasteiger partial charge is 0.255 e. The highest BCUT2D eigenvalue weighted by Crippen LogP contribution is 2.25. The van der Waals surface area contributed by atoms with Gasteiger partial charge in [0.2, 0.25) is 0 Å². The molecule has 0 aliphatic carbocycles. The number of aliphatic hydroxyl groups excluding tert-OH is 1. The fourth-order valence-electron chi connectivity index (χ4n) is 4.18. The number of amides is 1. The van der Waals surface area contributed by atoms with Gasteiger partial charge in [0.1, 0.15) is 0 Å². The van der Waals surface area contributed by atoms with Gasteiger partial charge >= 0.3 is 0 Å². The Labute approximate surface area is 156 Å². The van der Waals surface area contributed by atoms with Crippen molar-refractivity contribution in [1.82, 2.24) is 9.47 Å². The van der Waals surface area contributed by atoms with Crippen molar-refractivity contribution < 1.29 is 9.90 Å². The van der Waals surface area contributed by atoms with Crippen molar-refractivity contribution in [3.63, 3.8) is 0 Å². The maximum absolute atomic E-state index is 12.9. The van der Waals surface area contributed by atoms with Crippen LogP contribution < -0.4 is 0 Å². The fraction of sp³-hybridized carbons (Fsp3) is 0.500. The van der Waals surface area contributed by atoms with Gasteiger partial charge in [0.25, 0.3) is 5.91 Å². The van der Waals surface area contributed by atoms with Crippen molar-refractivity contribution in [1.29, 1.82) is 0 Å². The van der Waals surface area contributed by atoms with Crippen molar-refractivity contribution in [2.75, 3.05) is 13.1 Å². The molecule has 1 fully saturated rings. The zero-order valence-corrected chi connectivity index (χ0v) is 16.1. The Morgan fingerprint density at radius 2 is 1.85 bits per heavy atom. The third-order valence-corrected chi connectivity index (χ3v) is 5.78. The molecule has 1 saturated heterocycles. The molecule has 26 heavy (non-hydrogen) atoms. The van der Waals surface area contributed by atoms with Gasteiger partial charge < -0.3 is 14.6 Å². The van der Waals surface area contributed by atoms with E-state index in [-0.39, 0.29) is 17.9 Å². The number of likely N-dealkylation sites (tertiary alicyclic amines) is 1. The summed E-state index contributed by atoms with van der Waals surface area (Å²) >= 11 is 0. The lowest BCUT2D eigenvalue weighted by molar-refractivity contribution is 0.0467. The first-order valence-electron chi connectivity index (χ1n) is 9.69. The highest BCUT2D eigenvalue weighted by molar-refractivity contribution is 5.95. The summed E-state index contributed by atoms with van der Waals surface area (Å²) in [6.07, 6.45) is 2.09. The van der Waals surface area contributed by atoms with Crippen LogP contribution in [0.4, 0.5) is 0 Å². The number of aryl methyl sites for hydroxylation is 1. The minimum Gasteiger partial charge on any atom is -0.392 e. The molecule has 2 heterocycles. The van der Waals surface area contributed by atoms with Gasteiger partial charge in [-0.25, -0.2) is 0 Å². The van der Waals surface area contributed by atoms with Crippen LogP contribution in [0.25, 0.3) is 0 Å². The molecule has 1 amide bonds. The number of aromatic nitrogens is 1. The average Bonchev–Trinajstić information content (AvgIpc) is 2.95. The van der Waals surface area contributed by atoms with E-state index in [2.05, 4.69) is 30.5 Å². The molecular formula is C22H30N2O2. The van der Waals surface area contributed by atoms with Crippen molar-refractivity contribution in [2.24, 2.45) is 5.92 Å². The molecular weight excluding hydrogens is 324 g/mol. The normalized spacial score (nSPS) is 16.7. The van der Waals surface area contributed by atoms with Crippen LogP contribution >= 0.6 is 0 Å². The Balaban J connectivity index is 1.59. The summed E-state index contributed by atoms with van der Waals surface area (Å²) in [7, 11) is 0. The van der Waals surface area contributed by atoms with Gasteiger partial charge in [-0.05, 0) is 57.6 Å². The van der Waals surface area contributed by atoms with Gasteiger partial charge in [0.05, 0.1) is 11.7 Å². The van der Waals surface area contributed by atoms with E-state index in [1.807, 2.05) is 36.1 Å². The van der Waals surface area contributed by atoms with Gasteiger partial charge in [-0.1, -0.05) is 30.3 Å². The van der Waals surface area contributed by atoms with Crippen LogP contribution in [0.15, 0.2) is 36.4 Å². The Morgan fingerprint density at radius 1 is 1.19 bits per heavy atom. The highest BCUT2D eigenvalue weighted by Gasteiger charge is 2.29. The number of carbonyl (C=O) groups is 1. The lowest BCUT2D eigenvalue weighted by Gasteiger charge is -2.34. The minimum absolute atomic E-state index is 0.133. The van der Waals surface area contributed by atoms with Crippen LogP contribution in [0.3, 0.4) is 0 Å². The largest absolute Gasteiger partial charge is 0.392 e. The molecule has 1 aromatic carbocycles. The molecule has 140 valence electrons.